The number of rotatable bonds is 11. The Labute approximate surface area is 216 Å². The molecule has 36 heavy (non-hydrogen) atoms. The fraction of sp³-hybridized carbons (Fsp3) is 0.500. The highest BCUT2D eigenvalue weighted by molar-refractivity contribution is 7.92. The van der Waals surface area contributed by atoms with Gasteiger partial charge >= 0.3 is 0 Å². The summed E-state index contributed by atoms with van der Waals surface area (Å²) in [5.41, 5.74) is 3.06. The van der Waals surface area contributed by atoms with Crippen LogP contribution in [0.1, 0.15) is 63.6 Å². The first-order valence-electron chi connectivity index (χ1n) is 12.4. The van der Waals surface area contributed by atoms with Crippen LogP contribution in [0.25, 0.3) is 0 Å². The average molecular weight is 516 g/mol. The van der Waals surface area contributed by atoms with Gasteiger partial charge in [0.25, 0.3) is 0 Å². The highest BCUT2D eigenvalue weighted by Gasteiger charge is 2.31. The lowest BCUT2D eigenvalue weighted by Gasteiger charge is -2.33. The zero-order valence-electron chi connectivity index (χ0n) is 22.7. The second-order valence-electron chi connectivity index (χ2n) is 10.3. The van der Waals surface area contributed by atoms with Crippen LogP contribution in [0.4, 0.5) is 5.69 Å². The molecule has 0 radical (unpaired) electrons. The Morgan fingerprint density at radius 1 is 0.972 bits per heavy atom. The van der Waals surface area contributed by atoms with Crippen LogP contribution < -0.4 is 9.62 Å². The molecule has 8 heteroatoms. The van der Waals surface area contributed by atoms with Gasteiger partial charge in [0, 0.05) is 25.0 Å². The molecular formula is C28H41N3O4S. The summed E-state index contributed by atoms with van der Waals surface area (Å²) >= 11 is 0. The van der Waals surface area contributed by atoms with Crippen molar-refractivity contribution in [2.45, 2.75) is 78.9 Å². The summed E-state index contributed by atoms with van der Waals surface area (Å²) in [5, 5.41) is 3.01. The minimum atomic E-state index is -3.52. The molecule has 0 heterocycles. The molecule has 2 rings (SSSR count). The molecule has 2 aromatic rings. The first-order valence-corrected chi connectivity index (χ1v) is 14.3. The number of nitrogens with zero attached hydrogens (tertiary/aromatic N) is 2. The van der Waals surface area contributed by atoms with Gasteiger partial charge in [0.15, 0.2) is 0 Å². The smallest absolute Gasteiger partial charge is 0.243 e. The number of hydrogen-bond acceptors (Lipinski definition) is 4. The molecule has 0 aliphatic rings. The molecule has 0 spiro atoms. The van der Waals surface area contributed by atoms with E-state index in [0.717, 1.165) is 16.7 Å². The summed E-state index contributed by atoms with van der Waals surface area (Å²) in [6, 6.07) is 14.5. The van der Waals surface area contributed by atoms with Gasteiger partial charge in [0.2, 0.25) is 21.8 Å². The van der Waals surface area contributed by atoms with E-state index >= 15 is 0 Å². The third-order valence-electron chi connectivity index (χ3n) is 6.02. The van der Waals surface area contributed by atoms with Crippen molar-refractivity contribution in [2.75, 3.05) is 17.1 Å². The normalized spacial score (nSPS) is 12.6. The van der Waals surface area contributed by atoms with Crippen molar-refractivity contribution >= 4 is 27.5 Å². The quantitative estimate of drug-likeness (QED) is 0.475. The third kappa shape index (κ3) is 8.36. The van der Waals surface area contributed by atoms with Crippen molar-refractivity contribution in [3.05, 3.63) is 65.2 Å². The van der Waals surface area contributed by atoms with Crippen molar-refractivity contribution in [2.24, 2.45) is 0 Å². The molecule has 0 bridgehead atoms. The van der Waals surface area contributed by atoms with E-state index in [4.69, 9.17) is 0 Å². The number of carbonyl (C=O) groups is 2. The van der Waals surface area contributed by atoms with Gasteiger partial charge in [-0.3, -0.25) is 13.9 Å². The molecule has 0 aromatic heterocycles. The van der Waals surface area contributed by atoms with Gasteiger partial charge in [-0.15, -0.1) is 0 Å². The number of amides is 2. The minimum Gasteiger partial charge on any atom is -0.350 e. The average Bonchev–Trinajstić information content (AvgIpc) is 2.76. The number of nitrogens with one attached hydrogen (secondary N) is 1. The maximum absolute atomic E-state index is 13.5. The highest BCUT2D eigenvalue weighted by atomic mass is 32.2. The van der Waals surface area contributed by atoms with E-state index in [1.165, 1.54) is 10.6 Å². The molecule has 1 unspecified atom stereocenters. The zero-order valence-corrected chi connectivity index (χ0v) is 23.5. The number of benzene rings is 2. The molecule has 2 aromatic carbocycles. The van der Waals surface area contributed by atoms with E-state index in [1.54, 1.807) is 17.0 Å². The number of carbonyl (C=O) groups excluding carboxylic acids is 2. The first-order chi connectivity index (χ1) is 16.7. The maximum atomic E-state index is 13.5. The van der Waals surface area contributed by atoms with Crippen LogP contribution in [0.3, 0.4) is 0 Å². The van der Waals surface area contributed by atoms with Gasteiger partial charge in [0.1, 0.15) is 6.04 Å². The largest absolute Gasteiger partial charge is 0.350 e. The van der Waals surface area contributed by atoms with E-state index < -0.39 is 21.6 Å². The van der Waals surface area contributed by atoms with Crippen LogP contribution in [0, 0.1) is 13.8 Å². The van der Waals surface area contributed by atoms with Gasteiger partial charge in [-0.25, -0.2) is 8.42 Å². The lowest BCUT2D eigenvalue weighted by atomic mass is 10.0. The second kappa shape index (κ2) is 12.4. The summed E-state index contributed by atoms with van der Waals surface area (Å²) in [4.78, 5) is 28.3. The lowest BCUT2D eigenvalue weighted by molar-refractivity contribution is -0.142. The fourth-order valence-electron chi connectivity index (χ4n) is 4.17. The molecule has 0 saturated carbocycles. The Hall–Kier alpha value is -2.87. The van der Waals surface area contributed by atoms with Crippen molar-refractivity contribution in [1.82, 2.24) is 10.2 Å². The summed E-state index contributed by atoms with van der Waals surface area (Å²) in [6.07, 6.45) is 2.11. The molecule has 0 saturated heterocycles. The van der Waals surface area contributed by atoms with Gasteiger partial charge in [0.05, 0.1) is 11.9 Å². The second-order valence-corrected chi connectivity index (χ2v) is 12.2. The maximum Gasteiger partial charge on any atom is 0.243 e. The Morgan fingerprint density at radius 3 is 2.08 bits per heavy atom. The van der Waals surface area contributed by atoms with Crippen LogP contribution >= 0.6 is 0 Å². The number of hydrogen-bond donors (Lipinski definition) is 1. The van der Waals surface area contributed by atoms with Crippen LogP contribution in [0.5, 0.6) is 0 Å². The summed E-state index contributed by atoms with van der Waals surface area (Å²) in [5.74, 6) is -0.364. The van der Waals surface area contributed by atoms with Crippen LogP contribution in [-0.2, 0) is 26.2 Å². The van der Waals surface area contributed by atoms with E-state index in [2.05, 4.69) is 5.32 Å². The van der Waals surface area contributed by atoms with Gasteiger partial charge in [-0.05, 0) is 70.2 Å². The van der Waals surface area contributed by atoms with E-state index in [-0.39, 0.29) is 24.8 Å². The first kappa shape index (κ1) is 29.4. The fourth-order valence-corrected chi connectivity index (χ4v) is 5.19. The van der Waals surface area contributed by atoms with Crippen molar-refractivity contribution in [3.63, 3.8) is 0 Å². The van der Waals surface area contributed by atoms with E-state index in [0.29, 0.717) is 25.1 Å². The molecule has 2 amide bonds. The number of anilines is 1. The molecule has 1 atom stereocenters. The van der Waals surface area contributed by atoms with Crippen LogP contribution in [0.15, 0.2) is 48.5 Å². The zero-order chi connectivity index (χ0) is 27.1. The van der Waals surface area contributed by atoms with Crippen molar-refractivity contribution < 1.29 is 18.0 Å². The van der Waals surface area contributed by atoms with Gasteiger partial charge < -0.3 is 10.2 Å². The van der Waals surface area contributed by atoms with Gasteiger partial charge in [-0.1, -0.05) is 49.4 Å². The predicted octanol–water partition coefficient (Wildman–Crippen LogP) is 4.57. The van der Waals surface area contributed by atoms with Gasteiger partial charge in [-0.2, -0.15) is 0 Å². The number of aryl methyl sites for hydroxylation is 2. The number of para-hydroxylation sites is 1. The Balaban J connectivity index is 2.26. The Kier molecular flexibility index (Phi) is 10.1. The molecular weight excluding hydrogens is 474 g/mol. The van der Waals surface area contributed by atoms with E-state index in [9.17, 15) is 18.0 Å². The predicted molar refractivity (Wildman–Crippen MR) is 146 cm³/mol. The summed E-state index contributed by atoms with van der Waals surface area (Å²) < 4.78 is 26.4. The van der Waals surface area contributed by atoms with Crippen molar-refractivity contribution in [1.29, 1.82) is 0 Å². The molecule has 1 N–H and O–H groups in total. The minimum absolute atomic E-state index is 0.128. The van der Waals surface area contributed by atoms with Crippen molar-refractivity contribution in [3.8, 4) is 0 Å². The topological polar surface area (TPSA) is 86.8 Å². The molecule has 198 valence electrons. The Bertz CT molecular complexity index is 1160. The molecule has 7 nitrogen and oxygen atoms in total. The standard InChI is InChI=1S/C28H41N3O4S/c1-8-24(27(33)29-28(4,5)6)30(20-23-16-11-9-14-21(23)2)26(32)18-13-19-31(36(7,34)35)25-17-12-10-15-22(25)3/h9-12,14-17,24H,8,13,18-20H2,1-7H3,(H,29,33). The van der Waals surface area contributed by atoms with Crippen LogP contribution in [0.2, 0.25) is 0 Å². The molecule has 0 fully saturated rings. The highest BCUT2D eigenvalue weighted by Crippen LogP contribution is 2.23. The summed E-state index contributed by atoms with van der Waals surface area (Å²) in [6.45, 7) is 12.0. The summed E-state index contributed by atoms with van der Waals surface area (Å²) in [7, 11) is -3.52. The monoisotopic (exact) mass is 515 g/mol. The number of sulfonamides is 1. The molecule has 0 aliphatic carbocycles. The lowest BCUT2D eigenvalue weighted by Crippen LogP contribution is -2.53. The molecule has 0 aliphatic heterocycles. The van der Waals surface area contributed by atoms with E-state index in [1.807, 2.05) is 77.9 Å². The third-order valence-corrected chi connectivity index (χ3v) is 7.20. The SMILES string of the molecule is CCC(C(=O)NC(C)(C)C)N(Cc1ccccc1C)C(=O)CCCN(c1ccccc1C)S(C)(=O)=O. The van der Waals surface area contributed by atoms with Crippen LogP contribution in [-0.4, -0.2) is 49.5 Å². The Morgan fingerprint density at radius 2 is 1.56 bits per heavy atom.